The van der Waals surface area contributed by atoms with Gasteiger partial charge in [0.2, 0.25) is 0 Å². The van der Waals surface area contributed by atoms with Gasteiger partial charge in [-0.25, -0.2) is 4.98 Å². The van der Waals surface area contributed by atoms with Gasteiger partial charge in [0, 0.05) is 59.2 Å². The SMILES string of the molecule is Cc1[nH]c2ccccc2c1C=NCc1cc(N2CCOCC2)n2nc(-c3ccccc3)cc2n1. The Morgan fingerprint density at radius 2 is 1.82 bits per heavy atom. The van der Waals surface area contributed by atoms with Gasteiger partial charge in [0.1, 0.15) is 5.82 Å². The van der Waals surface area contributed by atoms with E-state index in [4.69, 9.17) is 19.8 Å². The lowest BCUT2D eigenvalue weighted by Gasteiger charge is -2.29. The quantitative estimate of drug-likeness (QED) is 0.396. The number of benzene rings is 2. The molecular weight excluding hydrogens is 424 g/mol. The summed E-state index contributed by atoms with van der Waals surface area (Å²) in [6.07, 6.45) is 1.96. The highest BCUT2D eigenvalue weighted by molar-refractivity contribution is 6.00. The fourth-order valence-corrected chi connectivity index (χ4v) is 4.55. The maximum Gasteiger partial charge on any atom is 0.158 e. The molecule has 2 aromatic carbocycles. The normalized spacial score (nSPS) is 14.6. The summed E-state index contributed by atoms with van der Waals surface area (Å²) >= 11 is 0. The van der Waals surface area contributed by atoms with E-state index in [1.165, 1.54) is 5.39 Å². The molecule has 1 aliphatic rings. The van der Waals surface area contributed by atoms with Crippen LogP contribution in [0, 0.1) is 6.92 Å². The van der Waals surface area contributed by atoms with Crippen molar-refractivity contribution in [1.82, 2.24) is 19.6 Å². The van der Waals surface area contributed by atoms with Gasteiger partial charge in [-0.1, -0.05) is 48.5 Å². The largest absolute Gasteiger partial charge is 0.378 e. The third kappa shape index (κ3) is 3.84. The number of nitrogens with zero attached hydrogens (tertiary/aromatic N) is 5. The van der Waals surface area contributed by atoms with Crippen LogP contribution in [0.25, 0.3) is 27.8 Å². The lowest BCUT2D eigenvalue weighted by Crippen LogP contribution is -2.37. The average Bonchev–Trinajstić information content (AvgIpc) is 3.45. The maximum atomic E-state index is 5.58. The summed E-state index contributed by atoms with van der Waals surface area (Å²) in [5.74, 6) is 1.03. The van der Waals surface area contributed by atoms with E-state index in [1.54, 1.807) is 0 Å². The second kappa shape index (κ2) is 8.76. The molecule has 1 aliphatic heterocycles. The zero-order chi connectivity index (χ0) is 22.9. The molecule has 1 fully saturated rings. The van der Waals surface area contributed by atoms with E-state index < -0.39 is 0 Å². The van der Waals surface area contributed by atoms with Crippen LogP contribution in [0.2, 0.25) is 0 Å². The smallest absolute Gasteiger partial charge is 0.158 e. The molecule has 7 nitrogen and oxygen atoms in total. The first-order valence-electron chi connectivity index (χ1n) is 11.6. The number of hydrogen-bond acceptors (Lipinski definition) is 5. The van der Waals surface area contributed by atoms with Crippen molar-refractivity contribution in [2.75, 3.05) is 31.2 Å². The minimum absolute atomic E-state index is 0.499. The number of nitrogens with one attached hydrogen (secondary N) is 1. The summed E-state index contributed by atoms with van der Waals surface area (Å²) in [6, 6.07) is 22.7. The van der Waals surface area contributed by atoms with E-state index >= 15 is 0 Å². The Bertz CT molecular complexity index is 1480. The molecule has 0 spiro atoms. The van der Waals surface area contributed by atoms with E-state index in [2.05, 4.69) is 59.3 Å². The highest BCUT2D eigenvalue weighted by Gasteiger charge is 2.18. The van der Waals surface area contributed by atoms with Crippen LogP contribution in [0.4, 0.5) is 5.82 Å². The number of aromatic amines is 1. The van der Waals surface area contributed by atoms with Crippen molar-refractivity contribution in [2.24, 2.45) is 4.99 Å². The number of para-hydroxylation sites is 1. The Morgan fingerprint density at radius 3 is 2.68 bits per heavy atom. The molecule has 6 rings (SSSR count). The Balaban J connectivity index is 1.37. The second-order valence-corrected chi connectivity index (χ2v) is 8.55. The zero-order valence-electron chi connectivity index (χ0n) is 19.1. The fraction of sp³-hybridized carbons (Fsp3) is 0.222. The van der Waals surface area contributed by atoms with Crippen LogP contribution >= 0.6 is 0 Å². The minimum Gasteiger partial charge on any atom is -0.378 e. The number of ether oxygens (including phenoxy) is 1. The fourth-order valence-electron chi connectivity index (χ4n) is 4.55. The number of aromatic nitrogens is 4. The van der Waals surface area contributed by atoms with Crippen LogP contribution in [-0.4, -0.2) is 52.1 Å². The molecule has 0 unspecified atom stereocenters. The standard InChI is InChI=1S/C27H26N6O/c1-19-23(22-9-5-6-10-24(22)29-19)18-28-17-21-15-27(32-11-13-34-14-12-32)33-26(30-21)16-25(31-33)20-7-3-2-4-8-20/h2-10,15-16,18,29H,11-14,17H2,1H3. The van der Waals surface area contributed by atoms with E-state index in [9.17, 15) is 0 Å². The highest BCUT2D eigenvalue weighted by atomic mass is 16.5. The molecule has 4 heterocycles. The summed E-state index contributed by atoms with van der Waals surface area (Å²) in [5.41, 5.74) is 7.11. The number of aliphatic imine (C=N–C) groups is 1. The number of fused-ring (bicyclic) bond motifs is 2. The molecule has 0 bridgehead atoms. The summed E-state index contributed by atoms with van der Waals surface area (Å²) in [6.45, 7) is 5.67. The van der Waals surface area contributed by atoms with Crippen LogP contribution in [0.15, 0.2) is 71.7 Å². The van der Waals surface area contributed by atoms with E-state index in [0.717, 1.165) is 58.3 Å². The average molecular weight is 451 g/mol. The molecule has 1 saturated heterocycles. The Hall–Kier alpha value is -3.97. The molecule has 5 aromatic rings. The Labute approximate surface area is 197 Å². The number of morpholine rings is 1. The Morgan fingerprint density at radius 1 is 1.03 bits per heavy atom. The maximum absolute atomic E-state index is 5.58. The van der Waals surface area contributed by atoms with Gasteiger partial charge in [-0.3, -0.25) is 4.99 Å². The van der Waals surface area contributed by atoms with Crippen molar-refractivity contribution < 1.29 is 4.74 Å². The first kappa shape index (κ1) is 20.6. The van der Waals surface area contributed by atoms with E-state index in [1.807, 2.05) is 35.0 Å². The second-order valence-electron chi connectivity index (χ2n) is 8.55. The van der Waals surface area contributed by atoms with Gasteiger partial charge in [-0.15, -0.1) is 0 Å². The van der Waals surface area contributed by atoms with Crippen LogP contribution in [-0.2, 0) is 11.3 Å². The number of aryl methyl sites for hydroxylation is 1. The van der Waals surface area contributed by atoms with Gasteiger partial charge in [0.15, 0.2) is 5.65 Å². The van der Waals surface area contributed by atoms with E-state index in [0.29, 0.717) is 19.8 Å². The van der Waals surface area contributed by atoms with Gasteiger partial charge in [-0.2, -0.15) is 9.61 Å². The van der Waals surface area contributed by atoms with Crippen LogP contribution in [0.5, 0.6) is 0 Å². The Kier molecular flexibility index (Phi) is 5.31. The van der Waals surface area contributed by atoms with Crippen molar-refractivity contribution in [1.29, 1.82) is 0 Å². The molecule has 3 aromatic heterocycles. The summed E-state index contributed by atoms with van der Waals surface area (Å²) in [5, 5.41) is 6.08. The van der Waals surface area contributed by atoms with Gasteiger partial charge in [0.25, 0.3) is 0 Å². The number of rotatable bonds is 5. The highest BCUT2D eigenvalue weighted by Crippen LogP contribution is 2.25. The van der Waals surface area contributed by atoms with Crippen LogP contribution in [0.3, 0.4) is 0 Å². The lowest BCUT2D eigenvalue weighted by atomic mass is 10.1. The number of H-pyrrole nitrogens is 1. The molecule has 170 valence electrons. The molecule has 0 atom stereocenters. The topological polar surface area (TPSA) is 70.8 Å². The third-order valence-electron chi connectivity index (χ3n) is 6.28. The predicted octanol–water partition coefficient (Wildman–Crippen LogP) is 4.64. The van der Waals surface area contributed by atoms with Crippen molar-refractivity contribution in [3.63, 3.8) is 0 Å². The lowest BCUT2D eigenvalue weighted by molar-refractivity contribution is 0.122. The number of anilines is 1. The van der Waals surface area contributed by atoms with Crippen LogP contribution in [0.1, 0.15) is 17.0 Å². The van der Waals surface area contributed by atoms with E-state index in [-0.39, 0.29) is 0 Å². The summed E-state index contributed by atoms with van der Waals surface area (Å²) < 4.78 is 7.53. The van der Waals surface area contributed by atoms with Crippen molar-refractivity contribution in [3.05, 3.63) is 83.7 Å². The molecule has 0 amide bonds. The van der Waals surface area contributed by atoms with Gasteiger partial charge >= 0.3 is 0 Å². The monoisotopic (exact) mass is 450 g/mol. The van der Waals surface area contributed by atoms with Crippen LogP contribution < -0.4 is 4.90 Å². The molecular formula is C27H26N6O. The molecule has 0 radical (unpaired) electrons. The first-order chi connectivity index (χ1) is 16.8. The van der Waals surface area contributed by atoms with Crippen molar-refractivity contribution in [2.45, 2.75) is 13.5 Å². The molecule has 7 heteroatoms. The molecule has 34 heavy (non-hydrogen) atoms. The van der Waals surface area contributed by atoms with Crippen molar-refractivity contribution in [3.8, 4) is 11.3 Å². The molecule has 0 saturated carbocycles. The van der Waals surface area contributed by atoms with Gasteiger partial charge < -0.3 is 14.6 Å². The molecule has 0 aliphatic carbocycles. The van der Waals surface area contributed by atoms with Gasteiger partial charge in [0.05, 0.1) is 31.1 Å². The zero-order valence-corrected chi connectivity index (χ0v) is 19.1. The number of hydrogen-bond donors (Lipinski definition) is 1. The minimum atomic E-state index is 0.499. The third-order valence-corrected chi connectivity index (χ3v) is 6.28. The predicted molar refractivity (Wildman–Crippen MR) is 136 cm³/mol. The summed E-state index contributed by atoms with van der Waals surface area (Å²) in [4.78, 5) is 15.4. The summed E-state index contributed by atoms with van der Waals surface area (Å²) in [7, 11) is 0. The first-order valence-corrected chi connectivity index (χ1v) is 11.6. The van der Waals surface area contributed by atoms with Crippen molar-refractivity contribution >= 4 is 28.6 Å². The molecule has 1 N–H and O–H groups in total. The van der Waals surface area contributed by atoms with Gasteiger partial charge in [-0.05, 0) is 13.0 Å².